The number of hydrogen-bond acceptors (Lipinski definition) is 3. The number of amides is 1. The minimum Gasteiger partial charge on any atom is -0.444 e. The summed E-state index contributed by atoms with van der Waals surface area (Å²) in [4.78, 5) is 11.6. The van der Waals surface area contributed by atoms with E-state index in [1.165, 1.54) is 6.42 Å². The van der Waals surface area contributed by atoms with Gasteiger partial charge in [0.25, 0.3) is 0 Å². The van der Waals surface area contributed by atoms with Gasteiger partial charge >= 0.3 is 6.09 Å². The molecule has 0 rings (SSSR count). The Morgan fingerprint density at radius 1 is 1.21 bits per heavy atom. The van der Waals surface area contributed by atoms with Crippen molar-refractivity contribution >= 4 is 6.09 Å². The van der Waals surface area contributed by atoms with Crippen LogP contribution in [0.2, 0.25) is 0 Å². The molecule has 0 aromatic rings. The molecule has 0 aliphatic carbocycles. The van der Waals surface area contributed by atoms with Crippen molar-refractivity contribution in [2.75, 3.05) is 6.54 Å². The van der Waals surface area contributed by atoms with Gasteiger partial charge in [-0.25, -0.2) is 4.79 Å². The summed E-state index contributed by atoms with van der Waals surface area (Å²) >= 11 is 0. The van der Waals surface area contributed by atoms with Gasteiger partial charge in [-0.05, 0) is 53.5 Å². The SMILES string of the molecule is CCC(C)C(C)NCCC(C)NC(=O)OC(C)(C)C. The number of carbonyl (C=O) groups is 1. The highest BCUT2D eigenvalue weighted by molar-refractivity contribution is 5.67. The van der Waals surface area contributed by atoms with Gasteiger partial charge in [0.1, 0.15) is 5.60 Å². The van der Waals surface area contributed by atoms with Crippen LogP contribution in [0.15, 0.2) is 0 Å². The minimum absolute atomic E-state index is 0.117. The molecule has 0 aromatic heterocycles. The zero-order valence-corrected chi connectivity index (χ0v) is 13.7. The zero-order valence-electron chi connectivity index (χ0n) is 13.7. The number of rotatable bonds is 7. The Kier molecular flexibility index (Phi) is 8.07. The van der Waals surface area contributed by atoms with Crippen molar-refractivity contribution in [2.24, 2.45) is 5.92 Å². The number of ether oxygens (including phenoxy) is 1. The Balaban J connectivity index is 3.81. The lowest BCUT2D eigenvalue weighted by Gasteiger charge is -2.23. The topological polar surface area (TPSA) is 50.4 Å². The Labute approximate surface area is 118 Å². The molecule has 0 fully saturated rings. The molecule has 0 saturated carbocycles. The maximum Gasteiger partial charge on any atom is 0.407 e. The molecule has 4 nitrogen and oxygen atoms in total. The first-order valence-corrected chi connectivity index (χ1v) is 7.38. The lowest BCUT2D eigenvalue weighted by molar-refractivity contribution is 0.0506. The summed E-state index contributed by atoms with van der Waals surface area (Å²) in [6.45, 7) is 15.2. The van der Waals surface area contributed by atoms with E-state index in [0.717, 1.165) is 13.0 Å². The molecule has 3 atom stereocenters. The standard InChI is InChI=1S/C15H32N2O2/c1-8-11(2)13(4)16-10-9-12(3)17-14(18)19-15(5,6)7/h11-13,16H,8-10H2,1-7H3,(H,17,18). The second-order valence-corrected chi connectivity index (χ2v) is 6.46. The van der Waals surface area contributed by atoms with E-state index in [0.29, 0.717) is 12.0 Å². The first-order chi connectivity index (χ1) is 8.65. The first kappa shape index (κ1) is 18.2. The third kappa shape index (κ3) is 9.77. The molecule has 0 radical (unpaired) electrons. The van der Waals surface area contributed by atoms with E-state index < -0.39 is 5.60 Å². The third-order valence-electron chi connectivity index (χ3n) is 3.30. The van der Waals surface area contributed by atoms with Crippen LogP contribution in [-0.2, 0) is 4.74 Å². The fourth-order valence-electron chi connectivity index (χ4n) is 1.66. The molecule has 19 heavy (non-hydrogen) atoms. The summed E-state index contributed by atoms with van der Waals surface area (Å²) in [5, 5.41) is 6.35. The second-order valence-electron chi connectivity index (χ2n) is 6.46. The average Bonchev–Trinajstić information content (AvgIpc) is 2.24. The molecule has 0 heterocycles. The Hall–Kier alpha value is -0.770. The normalized spacial score (nSPS) is 16.6. The van der Waals surface area contributed by atoms with Crippen LogP contribution in [0.3, 0.4) is 0 Å². The van der Waals surface area contributed by atoms with E-state index in [1.807, 2.05) is 27.7 Å². The van der Waals surface area contributed by atoms with Crippen LogP contribution >= 0.6 is 0 Å². The van der Waals surface area contributed by atoms with Crippen LogP contribution in [0.25, 0.3) is 0 Å². The lowest BCUT2D eigenvalue weighted by Crippen LogP contribution is -2.40. The summed E-state index contributed by atoms with van der Waals surface area (Å²) in [6.07, 6.45) is 1.75. The molecule has 0 spiro atoms. The van der Waals surface area contributed by atoms with E-state index in [4.69, 9.17) is 4.74 Å². The lowest BCUT2D eigenvalue weighted by atomic mass is 10.0. The number of hydrogen-bond donors (Lipinski definition) is 2. The maximum atomic E-state index is 11.6. The van der Waals surface area contributed by atoms with Crippen LogP contribution in [0, 0.1) is 5.92 Å². The minimum atomic E-state index is -0.437. The molecule has 0 aliphatic heterocycles. The van der Waals surface area contributed by atoms with Crippen LogP contribution in [0.5, 0.6) is 0 Å². The van der Waals surface area contributed by atoms with Crippen molar-refractivity contribution in [2.45, 2.75) is 79.0 Å². The third-order valence-corrected chi connectivity index (χ3v) is 3.30. The van der Waals surface area contributed by atoms with Crippen LogP contribution < -0.4 is 10.6 Å². The fraction of sp³-hybridized carbons (Fsp3) is 0.933. The maximum absolute atomic E-state index is 11.6. The quantitative estimate of drug-likeness (QED) is 0.747. The van der Waals surface area contributed by atoms with Crippen molar-refractivity contribution in [3.05, 3.63) is 0 Å². The van der Waals surface area contributed by atoms with Crippen molar-refractivity contribution in [3.63, 3.8) is 0 Å². The summed E-state index contributed by atoms with van der Waals surface area (Å²) in [7, 11) is 0. The molecule has 0 bridgehead atoms. The molecule has 0 aliphatic rings. The molecule has 4 heteroatoms. The highest BCUT2D eigenvalue weighted by Gasteiger charge is 2.17. The van der Waals surface area contributed by atoms with Crippen molar-refractivity contribution in [1.82, 2.24) is 10.6 Å². The van der Waals surface area contributed by atoms with Crippen LogP contribution in [0.1, 0.15) is 61.3 Å². The van der Waals surface area contributed by atoms with E-state index >= 15 is 0 Å². The average molecular weight is 272 g/mol. The van der Waals surface area contributed by atoms with Gasteiger partial charge in [0.15, 0.2) is 0 Å². The number of carbonyl (C=O) groups excluding carboxylic acids is 1. The molecule has 3 unspecified atom stereocenters. The summed E-state index contributed by atoms with van der Waals surface area (Å²) in [5.41, 5.74) is -0.437. The predicted octanol–water partition coefficient (Wildman–Crippen LogP) is 3.31. The summed E-state index contributed by atoms with van der Waals surface area (Å²) in [5.74, 6) is 0.675. The first-order valence-electron chi connectivity index (χ1n) is 7.38. The van der Waals surface area contributed by atoms with Gasteiger partial charge in [-0.1, -0.05) is 20.3 Å². The summed E-state index contributed by atoms with van der Waals surface area (Å²) < 4.78 is 5.22. The molecule has 0 aromatic carbocycles. The van der Waals surface area contributed by atoms with Crippen LogP contribution in [0.4, 0.5) is 4.79 Å². The molecule has 0 saturated heterocycles. The van der Waals surface area contributed by atoms with E-state index in [2.05, 4.69) is 31.4 Å². The zero-order chi connectivity index (χ0) is 15.1. The molecule has 2 N–H and O–H groups in total. The second kappa shape index (κ2) is 8.41. The van der Waals surface area contributed by atoms with Gasteiger partial charge in [-0.3, -0.25) is 0 Å². The van der Waals surface area contributed by atoms with Gasteiger partial charge in [0.05, 0.1) is 0 Å². The van der Waals surface area contributed by atoms with Gasteiger partial charge in [-0.2, -0.15) is 0 Å². The van der Waals surface area contributed by atoms with Gasteiger partial charge in [0.2, 0.25) is 0 Å². The van der Waals surface area contributed by atoms with Crippen molar-refractivity contribution in [3.8, 4) is 0 Å². The van der Waals surface area contributed by atoms with Gasteiger partial charge in [0, 0.05) is 12.1 Å². The Morgan fingerprint density at radius 3 is 2.26 bits per heavy atom. The number of nitrogens with one attached hydrogen (secondary N) is 2. The molecular weight excluding hydrogens is 240 g/mol. The van der Waals surface area contributed by atoms with E-state index in [1.54, 1.807) is 0 Å². The summed E-state index contributed by atoms with van der Waals surface area (Å²) in [6, 6.07) is 0.630. The largest absolute Gasteiger partial charge is 0.444 e. The van der Waals surface area contributed by atoms with E-state index in [9.17, 15) is 4.79 Å². The monoisotopic (exact) mass is 272 g/mol. The van der Waals surface area contributed by atoms with Crippen molar-refractivity contribution < 1.29 is 9.53 Å². The Bertz CT molecular complexity index is 261. The highest BCUT2D eigenvalue weighted by Crippen LogP contribution is 2.08. The smallest absolute Gasteiger partial charge is 0.407 e. The molecule has 114 valence electrons. The molecular formula is C15H32N2O2. The number of alkyl carbamates (subject to hydrolysis) is 1. The van der Waals surface area contributed by atoms with Crippen molar-refractivity contribution in [1.29, 1.82) is 0 Å². The van der Waals surface area contributed by atoms with Gasteiger partial charge < -0.3 is 15.4 Å². The van der Waals surface area contributed by atoms with Gasteiger partial charge in [-0.15, -0.1) is 0 Å². The predicted molar refractivity (Wildman–Crippen MR) is 80.4 cm³/mol. The highest BCUT2D eigenvalue weighted by atomic mass is 16.6. The van der Waals surface area contributed by atoms with E-state index in [-0.39, 0.29) is 12.1 Å². The fourth-order valence-corrected chi connectivity index (χ4v) is 1.66. The van der Waals surface area contributed by atoms with Crippen LogP contribution in [-0.4, -0.2) is 30.3 Å². The molecule has 1 amide bonds. The Morgan fingerprint density at radius 2 is 1.79 bits per heavy atom.